The van der Waals surface area contributed by atoms with E-state index in [0.717, 1.165) is 12.8 Å². The first-order chi connectivity index (χ1) is 10.6. The number of nitrogens with one attached hydrogen (secondary N) is 1. The number of rotatable bonds is 4. The lowest BCUT2D eigenvalue weighted by molar-refractivity contribution is 0.0933. The number of aliphatic hydroxyl groups excluding tert-OH is 1. The smallest absolute Gasteiger partial charge is 0.270 e. The highest BCUT2D eigenvalue weighted by Crippen LogP contribution is 2.27. The lowest BCUT2D eigenvalue weighted by Crippen LogP contribution is -2.32. The maximum Gasteiger partial charge on any atom is 0.270 e. The van der Waals surface area contributed by atoms with Gasteiger partial charge in [-0.1, -0.05) is 36.6 Å². The van der Waals surface area contributed by atoms with Crippen LogP contribution in [0.25, 0.3) is 0 Å². The van der Waals surface area contributed by atoms with Gasteiger partial charge in [0.25, 0.3) is 5.91 Å². The number of carbonyl (C=O) groups excluding carboxylic acids is 1. The molecule has 1 aromatic carbocycles. The van der Waals surface area contributed by atoms with Crippen LogP contribution in [0.1, 0.15) is 52.8 Å². The van der Waals surface area contributed by atoms with E-state index in [1.807, 2.05) is 0 Å². The van der Waals surface area contributed by atoms with Crippen LogP contribution in [0.3, 0.4) is 0 Å². The highest BCUT2D eigenvalue weighted by Gasteiger charge is 2.21. The molecule has 1 saturated carbocycles. The molecule has 1 atom stereocenters. The summed E-state index contributed by atoms with van der Waals surface area (Å²) >= 11 is 7.21. The third-order valence-corrected chi connectivity index (χ3v) is 4.98. The molecule has 0 radical (unpaired) electrons. The fourth-order valence-electron chi connectivity index (χ4n) is 2.67. The molecular weight excluding hydrogens is 320 g/mol. The molecule has 1 aliphatic carbocycles. The van der Waals surface area contributed by atoms with Crippen LogP contribution in [0.15, 0.2) is 29.6 Å². The molecule has 22 heavy (non-hydrogen) atoms. The van der Waals surface area contributed by atoms with Crippen molar-refractivity contribution in [2.45, 2.75) is 37.8 Å². The Balaban J connectivity index is 1.71. The fourth-order valence-corrected chi connectivity index (χ4v) is 3.67. The van der Waals surface area contributed by atoms with Crippen molar-refractivity contribution in [1.29, 1.82) is 0 Å². The molecule has 0 spiro atoms. The number of carbonyl (C=O) groups is 1. The zero-order valence-electron chi connectivity index (χ0n) is 12.0. The first kappa shape index (κ1) is 15.5. The number of amides is 1. The van der Waals surface area contributed by atoms with Gasteiger partial charge in [-0.25, -0.2) is 4.98 Å². The Morgan fingerprint density at radius 2 is 2.18 bits per heavy atom. The molecule has 1 fully saturated rings. The van der Waals surface area contributed by atoms with Gasteiger partial charge in [-0.05, 0) is 30.5 Å². The van der Waals surface area contributed by atoms with Gasteiger partial charge in [0.2, 0.25) is 0 Å². The molecule has 2 aromatic rings. The highest BCUT2D eigenvalue weighted by molar-refractivity contribution is 7.09. The molecule has 1 aliphatic rings. The molecule has 1 unspecified atom stereocenters. The summed E-state index contributed by atoms with van der Waals surface area (Å²) in [6.07, 6.45) is 3.54. The van der Waals surface area contributed by atoms with Crippen molar-refractivity contribution in [3.05, 3.63) is 50.9 Å². The summed E-state index contributed by atoms with van der Waals surface area (Å²) < 4.78 is 0. The van der Waals surface area contributed by atoms with Crippen molar-refractivity contribution in [3.8, 4) is 0 Å². The van der Waals surface area contributed by atoms with Crippen LogP contribution in [-0.2, 0) is 0 Å². The van der Waals surface area contributed by atoms with E-state index in [0.29, 0.717) is 21.3 Å². The predicted molar refractivity (Wildman–Crippen MR) is 87.4 cm³/mol. The predicted octanol–water partition coefficient (Wildman–Crippen LogP) is 3.55. The van der Waals surface area contributed by atoms with E-state index in [-0.39, 0.29) is 11.9 Å². The van der Waals surface area contributed by atoms with Gasteiger partial charge in [-0.3, -0.25) is 4.79 Å². The van der Waals surface area contributed by atoms with Crippen LogP contribution in [0, 0.1) is 0 Å². The Hall–Kier alpha value is -1.43. The van der Waals surface area contributed by atoms with Crippen molar-refractivity contribution in [2.75, 3.05) is 0 Å². The van der Waals surface area contributed by atoms with Crippen LogP contribution < -0.4 is 5.32 Å². The van der Waals surface area contributed by atoms with Gasteiger partial charge in [0.15, 0.2) is 0 Å². The van der Waals surface area contributed by atoms with Crippen molar-refractivity contribution >= 4 is 28.8 Å². The van der Waals surface area contributed by atoms with Gasteiger partial charge in [-0.2, -0.15) is 0 Å². The molecule has 3 rings (SSSR count). The van der Waals surface area contributed by atoms with Gasteiger partial charge in [0.05, 0.1) is 0 Å². The zero-order chi connectivity index (χ0) is 15.5. The monoisotopic (exact) mass is 336 g/mol. The minimum absolute atomic E-state index is 0.160. The van der Waals surface area contributed by atoms with Gasteiger partial charge >= 0.3 is 0 Å². The van der Waals surface area contributed by atoms with E-state index in [4.69, 9.17) is 11.6 Å². The van der Waals surface area contributed by atoms with E-state index in [2.05, 4.69) is 10.3 Å². The molecule has 116 valence electrons. The Morgan fingerprint density at radius 3 is 2.91 bits per heavy atom. The van der Waals surface area contributed by atoms with E-state index in [9.17, 15) is 9.90 Å². The van der Waals surface area contributed by atoms with Crippen LogP contribution in [0.4, 0.5) is 0 Å². The van der Waals surface area contributed by atoms with Crippen molar-refractivity contribution in [3.63, 3.8) is 0 Å². The number of thiazole rings is 1. The largest absolute Gasteiger partial charge is 0.381 e. The lowest BCUT2D eigenvalue weighted by atomic mass is 10.1. The summed E-state index contributed by atoms with van der Waals surface area (Å²) in [6.45, 7) is 0. The van der Waals surface area contributed by atoms with Gasteiger partial charge in [-0.15, -0.1) is 11.3 Å². The summed E-state index contributed by atoms with van der Waals surface area (Å²) in [5.41, 5.74) is 1.04. The SMILES string of the molecule is O=C(NC1CCCC1)c1csc(C(O)c2cccc(Cl)c2)n1. The molecule has 1 aromatic heterocycles. The van der Waals surface area contributed by atoms with Crippen LogP contribution >= 0.6 is 22.9 Å². The molecule has 0 saturated heterocycles. The Bertz CT molecular complexity index is 668. The molecule has 0 bridgehead atoms. The summed E-state index contributed by atoms with van der Waals surface area (Å²) in [7, 11) is 0. The molecule has 2 N–H and O–H groups in total. The third-order valence-electron chi connectivity index (χ3n) is 3.84. The molecule has 6 heteroatoms. The summed E-state index contributed by atoms with van der Waals surface area (Å²) in [5, 5.41) is 16.1. The molecule has 0 aliphatic heterocycles. The van der Waals surface area contributed by atoms with E-state index in [1.165, 1.54) is 24.2 Å². The number of hydrogen-bond acceptors (Lipinski definition) is 4. The molecule has 1 heterocycles. The Kier molecular flexibility index (Phi) is 4.76. The number of benzene rings is 1. The first-order valence-corrected chi connectivity index (χ1v) is 8.59. The van der Waals surface area contributed by atoms with Crippen LogP contribution in [0.2, 0.25) is 5.02 Å². The Labute approximate surface area is 138 Å². The fraction of sp³-hybridized carbons (Fsp3) is 0.375. The minimum Gasteiger partial charge on any atom is -0.381 e. The van der Waals surface area contributed by atoms with Crippen molar-refractivity contribution in [2.24, 2.45) is 0 Å². The second-order valence-corrected chi connectivity index (χ2v) is 6.81. The van der Waals surface area contributed by atoms with Crippen LogP contribution in [0.5, 0.6) is 0 Å². The number of nitrogens with zero attached hydrogens (tertiary/aromatic N) is 1. The summed E-state index contributed by atoms with van der Waals surface area (Å²) in [4.78, 5) is 16.4. The quantitative estimate of drug-likeness (QED) is 0.897. The normalized spacial score (nSPS) is 16.6. The Morgan fingerprint density at radius 1 is 1.41 bits per heavy atom. The van der Waals surface area contributed by atoms with E-state index in [1.54, 1.807) is 29.6 Å². The topological polar surface area (TPSA) is 62.2 Å². The maximum absolute atomic E-state index is 12.2. The number of aromatic nitrogens is 1. The number of halogens is 1. The lowest BCUT2D eigenvalue weighted by Gasteiger charge is -2.10. The maximum atomic E-state index is 12.2. The zero-order valence-corrected chi connectivity index (χ0v) is 13.5. The second-order valence-electron chi connectivity index (χ2n) is 5.48. The third kappa shape index (κ3) is 3.48. The average molecular weight is 337 g/mol. The average Bonchev–Trinajstić information content (AvgIpc) is 3.17. The highest BCUT2D eigenvalue weighted by atomic mass is 35.5. The molecule has 4 nitrogen and oxygen atoms in total. The number of aliphatic hydroxyl groups is 1. The second kappa shape index (κ2) is 6.77. The summed E-state index contributed by atoms with van der Waals surface area (Å²) in [5.74, 6) is -0.160. The minimum atomic E-state index is -0.864. The summed E-state index contributed by atoms with van der Waals surface area (Å²) in [6, 6.07) is 7.28. The van der Waals surface area contributed by atoms with E-state index < -0.39 is 6.10 Å². The van der Waals surface area contributed by atoms with Crippen LogP contribution in [-0.4, -0.2) is 22.0 Å². The molecule has 1 amide bonds. The van der Waals surface area contributed by atoms with Gasteiger partial charge in [0.1, 0.15) is 16.8 Å². The first-order valence-electron chi connectivity index (χ1n) is 7.33. The van der Waals surface area contributed by atoms with Gasteiger partial charge < -0.3 is 10.4 Å². The number of hydrogen-bond donors (Lipinski definition) is 2. The van der Waals surface area contributed by atoms with Crippen molar-refractivity contribution in [1.82, 2.24) is 10.3 Å². The van der Waals surface area contributed by atoms with Gasteiger partial charge in [0, 0.05) is 16.4 Å². The standard InChI is InChI=1S/C16H17ClN2O2S/c17-11-5-3-4-10(8-11)14(20)16-19-13(9-22-16)15(21)18-12-6-1-2-7-12/h3-5,8-9,12,14,20H,1-2,6-7H2,(H,18,21). The van der Waals surface area contributed by atoms with Crippen molar-refractivity contribution < 1.29 is 9.90 Å². The molecular formula is C16H17ClN2O2S. The van der Waals surface area contributed by atoms with E-state index >= 15 is 0 Å².